The highest BCUT2D eigenvalue weighted by atomic mass is 16.1. The van der Waals surface area contributed by atoms with Gasteiger partial charge in [0.15, 0.2) is 0 Å². The zero-order valence-electron chi connectivity index (χ0n) is 17.0. The van der Waals surface area contributed by atoms with Crippen LogP contribution in [0.15, 0.2) is 60.8 Å². The summed E-state index contributed by atoms with van der Waals surface area (Å²) in [5.74, 6) is 0. The molecule has 1 aliphatic heterocycles. The van der Waals surface area contributed by atoms with E-state index in [1.807, 2.05) is 24.3 Å². The molecule has 150 valence electrons. The number of aldehydes is 1. The van der Waals surface area contributed by atoms with E-state index in [4.69, 9.17) is 5.26 Å². The van der Waals surface area contributed by atoms with Crippen LogP contribution in [0.5, 0.6) is 0 Å². The predicted octanol–water partition coefficient (Wildman–Crippen LogP) is 4.27. The molecule has 0 aromatic heterocycles. The number of hydrogen-bond acceptors (Lipinski definition) is 4. The molecule has 0 N–H and O–H groups in total. The Morgan fingerprint density at radius 2 is 1.86 bits per heavy atom. The van der Waals surface area contributed by atoms with Gasteiger partial charge < -0.3 is 9.69 Å². The molecule has 0 bridgehead atoms. The standard InChI is InChI=1S/C25H29N3O/c1-21(20-27-13-3-2-4-14-27)28(16-17-29)15-12-22-8-10-24(11-9-22)25-7-5-6-23(18-25)19-26/h5-11,17-18H,1-4,12-16,20H2. The van der Waals surface area contributed by atoms with E-state index >= 15 is 0 Å². The van der Waals surface area contributed by atoms with Crippen molar-refractivity contribution >= 4 is 6.29 Å². The van der Waals surface area contributed by atoms with Crippen LogP contribution in [-0.4, -0.2) is 48.8 Å². The highest BCUT2D eigenvalue weighted by Crippen LogP contribution is 2.21. The van der Waals surface area contributed by atoms with Crippen molar-refractivity contribution in [3.05, 3.63) is 71.9 Å². The fourth-order valence-corrected chi connectivity index (χ4v) is 3.84. The summed E-state index contributed by atoms with van der Waals surface area (Å²) in [5, 5.41) is 9.08. The van der Waals surface area contributed by atoms with Gasteiger partial charge in [-0.25, -0.2) is 0 Å². The van der Waals surface area contributed by atoms with Gasteiger partial charge in [-0.1, -0.05) is 49.4 Å². The molecule has 3 rings (SSSR count). The van der Waals surface area contributed by atoms with E-state index in [0.29, 0.717) is 12.1 Å². The normalized spacial score (nSPS) is 14.2. The molecule has 4 nitrogen and oxygen atoms in total. The summed E-state index contributed by atoms with van der Waals surface area (Å²) in [6, 6.07) is 18.3. The van der Waals surface area contributed by atoms with Crippen LogP contribution in [0, 0.1) is 11.3 Å². The quantitative estimate of drug-likeness (QED) is 0.603. The lowest BCUT2D eigenvalue weighted by Crippen LogP contribution is -2.37. The van der Waals surface area contributed by atoms with Crippen molar-refractivity contribution in [2.24, 2.45) is 0 Å². The van der Waals surface area contributed by atoms with E-state index in [2.05, 4.69) is 46.7 Å². The summed E-state index contributed by atoms with van der Waals surface area (Å²) in [6.07, 6.45) is 5.66. The Balaban J connectivity index is 1.58. The van der Waals surface area contributed by atoms with Crippen LogP contribution < -0.4 is 0 Å². The minimum absolute atomic E-state index is 0.395. The van der Waals surface area contributed by atoms with Crippen molar-refractivity contribution in [3.8, 4) is 17.2 Å². The highest BCUT2D eigenvalue weighted by Gasteiger charge is 2.14. The Kier molecular flexibility index (Phi) is 7.61. The first-order valence-corrected chi connectivity index (χ1v) is 10.4. The fourth-order valence-electron chi connectivity index (χ4n) is 3.84. The molecule has 0 saturated carbocycles. The van der Waals surface area contributed by atoms with Gasteiger partial charge in [0.1, 0.15) is 6.29 Å². The molecule has 0 atom stereocenters. The van der Waals surface area contributed by atoms with E-state index in [1.165, 1.54) is 24.8 Å². The Bertz CT molecular complexity index is 860. The van der Waals surface area contributed by atoms with Crippen molar-refractivity contribution in [2.45, 2.75) is 25.7 Å². The third-order valence-corrected chi connectivity index (χ3v) is 5.55. The monoisotopic (exact) mass is 387 g/mol. The van der Waals surface area contributed by atoms with E-state index < -0.39 is 0 Å². The van der Waals surface area contributed by atoms with Gasteiger partial charge in [-0.15, -0.1) is 0 Å². The third kappa shape index (κ3) is 6.04. The average molecular weight is 388 g/mol. The van der Waals surface area contributed by atoms with E-state index in [1.54, 1.807) is 0 Å². The number of rotatable bonds is 9. The minimum atomic E-state index is 0.395. The van der Waals surface area contributed by atoms with Crippen molar-refractivity contribution < 1.29 is 4.79 Å². The molecule has 0 aliphatic carbocycles. The zero-order valence-corrected chi connectivity index (χ0v) is 17.0. The summed E-state index contributed by atoms with van der Waals surface area (Å²) in [5.41, 5.74) is 5.08. The fraction of sp³-hybridized carbons (Fsp3) is 0.360. The van der Waals surface area contributed by atoms with Gasteiger partial charge in [0.05, 0.1) is 18.2 Å². The second-order valence-corrected chi connectivity index (χ2v) is 7.66. The lowest BCUT2D eigenvalue weighted by atomic mass is 10.0. The van der Waals surface area contributed by atoms with Crippen molar-refractivity contribution in [2.75, 3.05) is 32.7 Å². The number of hydrogen-bond donors (Lipinski definition) is 0. The van der Waals surface area contributed by atoms with Gasteiger partial charge in [-0.05, 0) is 61.2 Å². The van der Waals surface area contributed by atoms with Crippen molar-refractivity contribution in [1.82, 2.24) is 9.80 Å². The van der Waals surface area contributed by atoms with Gasteiger partial charge in [-0.2, -0.15) is 5.26 Å². The summed E-state index contributed by atoms with van der Waals surface area (Å²) in [4.78, 5) is 15.7. The third-order valence-electron chi connectivity index (χ3n) is 5.55. The van der Waals surface area contributed by atoms with Crippen LogP contribution in [0.4, 0.5) is 0 Å². The number of nitriles is 1. The molecule has 1 saturated heterocycles. The Hall–Kier alpha value is -2.90. The summed E-state index contributed by atoms with van der Waals surface area (Å²) < 4.78 is 0. The number of nitrogens with zero attached hydrogens (tertiary/aromatic N) is 3. The first kappa shape index (κ1) is 20.8. The van der Waals surface area contributed by atoms with Crippen molar-refractivity contribution in [1.29, 1.82) is 5.26 Å². The number of carbonyl (C=O) groups is 1. The maximum atomic E-state index is 11.2. The molecular weight excluding hydrogens is 358 g/mol. The molecule has 2 aromatic carbocycles. The molecule has 4 heteroatoms. The number of likely N-dealkylation sites (tertiary alicyclic amines) is 1. The summed E-state index contributed by atoms with van der Waals surface area (Å²) in [6.45, 7) is 8.53. The Morgan fingerprint density at radius 1 is 1.10 bits per heavy atom. The topological polar surface area (TPSA) is 47.3 Å². The minimum Gasteiger partial charge on any atom is -0.367 e. The number of carbonyl (C=O) groups excluding carboxylic acids is 1. The van der Waals surface area contributed by atoms with E-state index in [-0.39, 0.29) is 0 Å². The highest BCUT2D eigenvalue weighted by molar-refractivity contribution is 5.65. The SMILES string of the molecule is C=C(CN1CCCCC1)N(CC=O)CCc1ccc(-c2cccc(C#N)c2)cc1. The van der Waals surface area contributed by atoms with Gasteiger partial charge in [0.2, 0.25) is 0 Å². The van der Waals surface area contributed by atoms with Crippen LogP contribution in [0.3, 0.4) is 0 Å². The molecule has 29 heavy (non-hydrogen) atoms. The number of piperidine rings is 1. The largest absolute Gasteiger partial charge is 0.367 e. The zero-order chi connectivity index (χ0) is 20.5. The van der Waals surface area contributed by atoms with Gasteiger partial charge in [0.25, 0.3) is 0 Å². The molecule has 0 spiro atoms. The lowest BCUT2D eigenvalue weighted by molar-refractivity contribution is -0.108. The van der Waals surface area contributed by atoms with Crippen LogP contribution in [0.1, 0.15) is 30.4 Å². The van der Waals surface area contributed by atoms with Crippen LogP contribution in [0.25, 0.3) is 11.1 Å². The Labute approximate surface area is 174 Å². The van der Waals surface area contributed by atoms with E-state index in [9.17, 15) is 4.79 Å². The molecule has 2 aromatic rings. The van der Waals surface area contributed by atoms with Crippen LogP contribution in [-0.2, 0) is 11.2 Å². The first-order valence-electron chi connectivity index (χ1n) is 10.4. The molecule has 0 amide bonds. The molecule has 1 heterocycles. The van der Waals surface area contributed by atoms with Gasteiger partial charge >= 0.3 is 0 Å². The smallest absolute Gasteiger partial charge is 0.139 e. The molecule has 0 unspecified atom stereocenters. The Morgan fingerprint density at radius 3 is 2.55 bits per heavy atom. The molecule has 1 aliphatic rings. The molecule has 1 fully saturated rings. The van der Waals surface area contributed by atoms with Crippen LogP contribution >= 0.6 is 0 Å². The maximum absolute atomic E-state index is 11.2. The van der Waals surface area contributed by atoms with Crippen molar-refractivity contribution in [3.63, 3.8) is 0 Å². The predicted molar refractivity (Wildman–Crippen MR) is 117 cm³/mol. The van der Waals surface area contributed by atoms with Gasteiger partial charge in [-0.3, -0.25) is 4.90 Å². The number of benzene rings is 2. The molecular formula is C25H29N3O. The molecule has 0 radical (unpaired) electrons. The average Bonchev–Trinajstić information content (AvgIpc) is 2.77. The first-order chi connectivity index (χ1) is 14.2. The summed E-state index contributed by atoms with van der Waals surface area (Å²) >= 11 is 0. The van der Waals surface area contributed by atoms with Gasteiger partial charge in [0, 0.05) is 18.8 Å². The lowest BCUT2D eigenvalue weighted by Gasteiger charge is -2.32. The summed E-state index contributed by atoms with van der Waals surface area (Å²) in [7, 11) is 0. The van der Waals surface area contributed by atoms with E-state index in [0.717, 1.165) is 55.7 Å². The van der Waals surface area contributed by atoms with Crippen LogP contribution in [0.2, 0.25) is 0 Å². The second-order valence-electron chi connectivity index (χ2n) is 7.66. The maximum Gasteiger partial charge on any atom is 0.139 e. The second kappa shape index (κ2) is 10.6.